The van der Waals surface area contributed by atoms with Gasteiger partial charge in [-0.05, 0) is 55.2 Å². The van der Waals surface area contributed by atoms with Gasteiger partial charge in [-0.25, -0.2) is 19.0 Å². The van der Waals surface area contributed by atoms with Crippen LogP contribution in [0.25, 0.3) is 16.6 Å². The summed E-state index contributed by atoms with van der Waals surface area (Å²) in [7, 11) is 4.68. The molecule has 0 fully saturated rings. The number of rotatable bonds is 15. The minimum atomic E-state index is -0.531. The van der Waals surface area contributed by atoms with Crippen molar-refractivity contribution in [1.29, 1.82) is 0 Å². The molecular formula is C36H37FN4O8. The molecule has 0 N–H and O–H groups in total. The van der Waals surface area contributed by atoms with Crippen molar-refractivity contribution < 1.29 is 37.6 Å². The molecule has 0 saturated heterocycles. The van der Waals surface area contributed by atoms with Gasteiger partial charge in [0.25, 0.3) is 5.56 Å². The molecule has 256 valence electrons. The highest BCUT2D eigenvalue weighted by molar-refractivity contribution is 5.98. The summed E-state index contributed by atoms with van der Waals surface area (Å²) in [5.41, 5.74) is 1.50. The lowest BCUT2D eigenvalue weighted by Crippen LogP contribution is -2.25. The molecule has 6 rings (SSSR count). The molecule has 5 aromatic rings. The molecule has 0 radical (unpaired) electrons. The standard InChI is InChI=1S/C36H37FN4O8/c1-44-14-16-47-32-20-24-26(21-33(32)48-17-15-45-2)38-22-39-35(24)49-30-12-11-23(19-31(30)46-3)18-29(42)34-28-10-6-7-13-40(28)41(36(34)43)27-9-5-4-8-25(27)37/h4-5,8-9,11-12,19-22H,6-7,10,13-18H2,1-3H3. The number of benzene rings is 3. The highest BCUT2D eigenvalue weighted by Crippen LogP contribution is 2.38. The number of carbonyl (C=O) groups is 1. The van der Waals surface area contributed by atoms with Crippen molar-refractivity contribution in [2.24, 2.45) is 0 Å². The predicted molar refractivity (Wildman–Crippen MR) is 178 cm³/mol. The first-order chi connectivity index (χ1) is 23.9. The smallest absolute Gasteiger partial charge is 0.282 e. The number of ether oxygens (including phenoxy) is 6. The maximum atomic E-state index is 14.8. The highest BCUT2D eigenvalue weighted by Gasteiger charge is 2.28. The Kier molecular flexibility index (Phi) is 10.5. The van der Waals surface area contributed by atoms with Crippen LogP contribution in [0.3, 0.4) is 0 Å². The molecule has 0 spiro atoms. The van der Waals surface area contributed by atoms with Crippen LogP contribution < -0.4 is 24.5 Å². The van der Waals surface area contributed by atoms with Gasteiger partial charge in [-0.1, -0.05) is 18.2 Å². The largest absolute Gasteiger partial charge is 0.493 e. The molecule has 1 aliphatic heterocycles. The maximum Gasteiger partial charge on any atom is 0.282 e. The van der Waals surface area contributed by atoms with E-state index in [1.807, 2.05) is 0 Å². The van der Waals surface area contributed by atoms with Crippen LogP contribution in [0.4, 0.5) is 4.39 Å². The molecule has 13 heteroatoms. The molecule has 0 unspecified atom stereocenters. The maximum absolute atomic E-state index is 14.8. The van der Waals surface area contributed by atoms with Crippen molar-refractivity contribution >= 4 is 16.7 Å². The second-order valence-corrected chi connectivity index (χ2v) is 11.3. The van der Waals surface area contributed by atoms with Gasteiger partial charge >= 0.3 is 0 Å². The average molecular weight is 673 g/mol. The third-order valence-corrected chi connectivity index (χ3v) is 8.19. The minimum absolute atomic E-state index is 0.0649. The Hall–Kier alpha value is -5.27. The van der Waals surface area contributed by atoms with E-state index in [4.69, 9.17) is 28.4 Å². The second kappa shape index (κ2) is 15.3. The summed E-state index contributed by atoms with van der Waals surface area (Å²) >= 11 is 0. The number of hydrogen-bond acceptors (Lipinski definition) is 10. The third-order valence-electron chi connectivity index (χ3n) is 8.19. The Morgan fingerprint density at radius 3 is 2.35 bits per heavy atom. The topological polar surface area (TPSA) is 125 Å². The fourth-order valence-electron chi connectivity index (χ4n) is 5.88. The van der Waals surface area contributed by atoms with Crippen LogP contribution in [0.1, 0.15) is 34.5 Å². The van der Waals surface area contributed by atoms with Gasteiger partial charge in [-0.2, -0.15) is 0 Å². The number of fused-ring (bicyclic) bond motifs is 2. The minimum Gasteiger partial charge on any atom is -0.493 e. The monoisotopic (exact) mass is 672 g/mol. The Balaban J connectivity index is 1.28. The number of halogens is 1. The normalized spacial score (nSPS) is 12.5. The summed E-state index contributed by atoms with van der Waals surface area (Å²) in [4.78, 5) is 36.2. The lowest BCUT2D eigenvalue weighted by Gasteiger charge is -2.19. The Bertz CT molecular complexity index is 2020. The van der Waals surface area contributed by atoms with Crippen molar-refractivity contribution in [3.05, 3.63) is 93.9 Å². The van der Waals surface area contributed by atoms with Gasteiger partial charge in [0.05, 0.1) is 36.9 Å². The van der Waals surface area contributed by atoms with Crippen molar-refractivity contribution in [3.8, 4) is 34.6 Å². The summed E-state index contributed by atoms with van der Waals surface area (Å²) in [6.07, 6.45) is 3.54. The number of aromatic nitrogens is 4. The summed E-state index contributed by atoms with van der Waals surface area (Å²) in [6.45, 7) is 1.91. The van der Waals surface area contributed by atoms with Crippen LogP contribution >= 0.6 is 0 Å². The molecular weight excluding hydrogens is 635 g/mol. The molecule has 1 aliphatic rings. The van der Waals surface area contributed by atoms with Crippen LogP contribution in [0.15, 0.2) is 65.7 Å². The van der Waals surface area contributed by atoms with E-state index in [9.17, 15) is 14.0 Å². The van der Waals surface area contributed by atoms with Gasteiger partial charge < -0.3 is 28.4 Å². The summed E-state index contributed by atoms with van der Waals surface area (Å²) < 4.78 is 51.8. The first-order valence-corrected chi connectivity index (χ1v) is 15.9. The molecule has 12 nitrogen and oxygen atoms in total. The van der Waals surface area contributed by atoms with Crippen LogP contribution in [-0.4, -0.2) is 72.9 Å². The number of hydrogen-bond donors (Lipinski definition) is 0. The van der Waals surface area contributed by atoms with E-state index in [1.54, 1.807) is 67.4 Å². The molecule has 0 amide bonds. The van der Waals surface area contributed by atoms with Gasteiger partial charge in [0.1, 0.15) is 36.6 Å². The molecule has 3 aromatic carbocycles. The lowest BCUT2D eigenvalue weighted by atomic mass is 9.99. The lowest BCUT2D eigenvalue weighted by molar-refractivity contribution is 0.0990. The summed E-state index contributed by atoms with van der Waals surface area (Å²) in [5.74, 6) is 1.02. The Labute approximate surface area is 281 Å². The average Bonchev–Trinajstić information content (AvgIpc) is 3.41. The fraction of sp³-hybridized carbons (Fsp3) is 0.333. The van der Waals surface area contributed by atoms with Gasteiger partial charge in [0.2, 0.25) is 5.88 Å². The van der Waals surface area contributed by atoms with E-state index in [0.717, 1.165) is 12.8 Å². The van der Waals surface area contributed by atoms with E-state index < -0.39 is 11.4 Å². The zero-order valence-electron chi connectivity index (χ0n) is 27.6. The number of nitrogens with zero attached hydrogens (tertiary/aromatic N) is 4. The fourth-order valence-corrected chi connectivity index (χ4v) is 5.88. The van der Waals surface area contributed by atoms with Gasteiger partial charge in [-0.3, -0.25) is 14.3 Å². The third kappa shape index (κ3) is 7.13. The van der Waals surface area contributed by atoms with Crippen molar-refractivity contribution in [2.75, 3.05) is 47.8 Å². The van der Waals surface area contributed by atoms with E-state index in [-0.39, 0.29) is 29.3 Å². The first kappa shape index (κ1) is 33.6. The Morgan fingerprint density at radius 2 is 1.61 bits per heavy atom. The van der Waals surface area contributed by atoms with Crippen LogP contribution in [0.5, 0.6) is 28.9 Å². The quantitative estimate of drug-likeness (QED) is 0.106. The SMILES string of the molecule is COCCOc1cc2ncnc(Oc3ccc(CC(=O)c4c5n(n(-c6ccccc6F)c4=O)CCCC5)cc3OC)c2cc1OCCOC. The van der Waals surface area contributed by atoms with E-state index in [1.165, 1.54) is 24.2 Å². The molecule has 0 bridgehead atoms. The van der Waals surface area contributed by atoms with Gasteiger partial charge in [-0.15, -0.1) is 0 Å². The zero-order chi connectivity index (χ0) is 34.3. The highest BCUT2D eigenvalue weighted by atomic mass is 19.1. The van der Waals surface area contributed by atoms with Crippen molar-refractivity contribution in [3.63, 3.8) is 0 Å². The second-order valence-electron chi connectivity index (χ2n) is 11.3. The van der Waals surface area contributed by atoms with E-state index in [0.29, 0.717) is 84.6 Å². The van der Waals surface area contributed by atoms with E-state index >= 15 is 0 Å². The molecule has 49 heavy (non-hydrogen) atoms. The predicted octanol–water partition coefficient (Wildman–Crippen LogP) is 5.33. The molecule has 0 aliphatic carbocycles. The number of ketones is 1. The van der Waals surface area contributed by atoms with Gasteiger partial charge in [0.15, 0.2) is 28.8 Å². The molecule has 0 atom stereocenters. The number of Topliss-reactive ketones (excluding diaryl/α,β-unsaturated/α-hetero) is 1. The molecule has 3 heterocycles. The van der Waals surface area contributed by atoms with Crippen LogP contribution in [-0.2, 0) is 28.9 Å². The summed E-state index contributed by atoms with van der Waals surface area (Å²) in [5, 5.41) is 0.569. The number of para-hydroxylation sites is 1. The number of carbonyl (C=O) groups excluding carboxylic acids is 1. The first-order valence-electron chi connectivity index (χ1n) is 15.9. The Morgan fingerprint density at radius 1 is 0.857 bits per heavy atom. The number of methoxy groups -OCH3 is 3. The van der Waals surface area contributed by atoms with Crippen molar-refractivity contribution in [2.45, 2.75) is 32.2 Å². The van der Waals surface area contributed by atoms with Crippen LogP contribution in [0, 0.1) is 5.82 Å². The van der Waals surface area contributed by atoms with E-state index in [2.05, 4.69) is 9.97 Å². The van der Waals surface area contributed by atoms with Gasteiger partial charge in [0, 0.05) is 33.3 Å². The molecule has 2 aromatic heterocycles. The molecule has 0 saturated carbocycles. The van der Waals surface area contributed by atoms with Crippen LogP contribution in [0.2, 0.25) is 0 Å². The van der Waals surface area contributed by atoms with Crippen molar-refractivity contribution in [1.82, 2.24) is 19.3 Å². The summed E-state index contributed by atoms with van der Waals surface area (Å²) in [6, 6.07) is 14.7. The zero-order valence-corrected chi connectivity index (χ0v) is 27.6.